The van der Waals surface area contributed by atoms with Crippen LogP contribution in [0.1, 0.15) is 13.8 Å². The van der Waals surface area contributed by atoms with Crippen molar-refractivity contribution in [3.8, 4) is 0 Å². The Kier molecular flexibility index (Phi) is 4.60. The minimum absolute atomic E-state index is 0.176. The van der Waals surface area contributed by atoms with E-state index in [0.29, 0.717) is 6.61 Å². The number of rotatable bonds is 4. The Morgan fingerprint density at radius 1 is 1.20 bits per heavy atom. The lowest BCUT2D eigenvalue weighted by molar-refractivity contribution is -0.0118. The lowest BCUT2D eigenvalue weighted by Gasteiger charge is -2.21. The third-order valence-electron chi connectivity index (χ3n) is 1.60. The van der Waals surface area contributed by atoms with Gasteiger partial charge in [-0.05, 0) is 13.8 Å². The van der Waals surface area contributed by atoms with Crippen LogP contribution in [0.4, 0.5) is 0 Å². The van der Waals surface area contributed by atoms with Crippen LogP contribution in [-0.2, 0) is 4.74 Å². The van der Waals surface area contributed by atoms with Crippen LogP contribution < -0.4 is 0 Å². The number of ether oxygens (including phenoxy) is 1. The van der Waals surface area contributed by atoms with Crippen LogP contribution in [0.3, 0.4) is 0 Å². The number of aliphatic hydroxyl groups is 2. The summed E-state index contributed by atoms with van der Waals surface area (Å²) in [5, 5.41) is 18.1. The zero-order valence-electron chi connectivity index (χ0n) is 6.74. The molecule has 2 N–H and O–H groups in total. The van der Waals surface area contributed by atoms with Crippen LogP contribution in [0.15, 0.2) is 0 Å². The Labute approximate surface area is 61.6 Å². The molecule has 2 unspecified atom stereocenters. The number of hydrogen-bond acceptors (Lipinski definition) is 3. The molecule has 0 fully saturated rings. The molecule has 0 bridgehead atoms. The van der Waals surface area contributed by atoms with Gasteiger partial charge < -0.3 is 14.9 Å². The van der Waals surface area contributed by atoms with E-state index in [-0.39, 0.29) is 5.92 Å². The molecule has 0 saturated carbocycles. The highest BCUT2D eigenvalue weighted by Crippen LogP contribution is 2.08. The first-order valence-electron chi connectivity index (χ1n) is 3.44. The summed E-state index contributed by atoms with van der Waals surface area (Å²) in [4.78, 5) is 0. The molecule has 10 heavy (non-hydrogen) atoms. The summed E-state index contributed by atoms with van der Waals surface area (Å²) in [5.41, 5.74) is 0. The normalized spacial score (nSPS) is 20.1. The van der Waals surface area contributed by atoms with Gasteiger partial charge in [0.1, 0.15) is 0 Å². The maximum atomic E-state index is 9.07. The molecule has 0 saturated heterocycles. The Bertz CT molecular complexity index is 72.9. The Hall–Kier alpha value is -0.120. The van der Waals surface area contributed by atoms with Crippen molar-refractivity contribution < 1.29 is 14.9 Å². The molecule has 62 valence electrons. The first-order chi connectivity index (χ1) is 4.59. The summed E-state index contributed by atoms with van der Waals surface area (Å²) in [6.07, 6.45) is -1.03. The summed E-state index contributed by atoms with van der Waals surface area (Å²) >= 11 is 0. The van der Waals surface area contributed by atoms with Crippen molar-refractivity contribution in [3.05, 3.63) is 0 Å². The molecule has 3 nitrogen and oxygen atoms in total. The van der Waals surface area contributed by atoms with E-state index >= 15 is 0 Å². The van der Waals surface area contributed by atoms with Gasteiger partial charge in [0.05, 0.1) is 18.8 Å². The van der Waals surface area contributed by atoms with Gasteiger partial charge in [-0.2, -0.15) is 0 Å². The zero-order valence-corrected chi connectivity index (χ0v) is 6.74. The van der Waals surface area contributed by atoms with Gasteiger partial charge in [0.25, 0.3) is 0 Å². The lowest BCUT2D eigenvalue weighted by atomic mass is 9.99. The Morgan fingerprint density at radius 3 is 1.70 bits per heavy atom. The van der Waals surface area contributed by atoms with Crippen LogP contribution in [0.2, 0.25) is 0 Å². The highest BCUT2D eigenvalue weighted by Gasteiger charge is 2.19. The molecule has 0 radical (unpaired) electrons. The van der Waals surface area contributed by atoms with Crippen LogP contribution in [-0.4, -0.2) is 36.1 Å². The smallest absolute Gasteiger partial charge is 0.0587 e. The second-order valence-electron chi connectivity index (χ2n) is 2.60. The third-order valence-corrected chi connectivity index (χ3v) is 1.60. The van der Waals surface area contributed by atoms with Gasteiger partial charge in [-0.15, -0.1) is 0 Å². The Balaban J connectivity index is 3.73. The Morgan fingerprint density at radius 2 is 1.60 bits per heavy atom. The lowest BCUT2D eigenvalue weighted by Crippen LogP contribution is -2.31. The summed E-state index contributed by atoms with van der Waals surface area (Å²) < 4.78 is 4.81. The van der Waals surface area contributed by atoms with Crippen molar-refractivity contribution in [1.82, 2.24) is 0 Å². The van der Waals surface area contributed by atoms with Gasteiger partial charge in [0.2, 0.25) is 0 Å². The molecule has 0 aliphatic heterocycles. The van der Waals surface area contributed by atoms with E-state index in [9.17, 15) is 0 Å². The van der Waals surface area contributed by atoms with Crippen molar-refractivity contribution in [2.24, 2.45) is 5.92 Å². The van der Waals surface area contributed by atoms with Gasteiger partial charge in [-0.3, -0.25) is 0 Å². The minimum atomic E-state index is -0.514. The number of methoxy groups -OCH3 is 1. The quantitative estimate of drug-likeness (QED) is 0.590. The topological polar surface area (TPSA) is 49.7 Å². The maximum Gasteiger partial charge on any atom is 0.0587 e. The maximum absolute atomic E-state index is 9.07. The van der Waals surface area contributed by atoms with Crippen molar-refractivity contribution >= 4 is 0 Å². The molecular formula is C7H16O3. The molecule has 0 aromatic rings. The molecule has 2 atom stereocenters. The SMILES string of the molecule is COCC(C(C)O)C(C)O. The van der Waals surface area contributed by atoms with Crippen molar-refractivity contribution in [1.29, 1.82) is 0 Å². The molecule has 0 heterocycles. The van der Waals surface area contributed by atoms with Gasteiger partial charge >= 0.3 is 0 Å². The fourth-order valence-electron chi connectivity index (χ4n) is 0.874. The zero-order chi connectivity index (χ0) is 8.15. The minimum Gasteiger partial charge on any atom is -0.393 e. The van der Waals surface area contributed by atoms with Crippen LogP contribution in [0.25, 0.3) is 0 Å². The molecule has 0 amide bonds. The second kappa shape index (κ2) is 4.66. The summed E-state index contributed by atoms with van der Waals surface area (Å²) in [6.45, 7) is 3.70. The molecule has 0 aliphatic carbocycles. The molecule has 0 rings (SSSR count). The summed E-state index contributed by atoms with van der Waals surface area (Å²) in [6, 6.07) is 0. The first kappa shape index (κ1) is 9.88. The average molecular weight is 148 g/mol. The molecule has 0 spiro atoms. The van der Waals surface area contributed by atoms with E-state index in [0.717, 1.165) is 0 Å². The number of hydrogen-bond donors (Lipinski definition) is 2. The largest absolute Gasteiger partial charge is 0.393 e. The van der Waals surface area contributed by atoms with E-state index in [2.05, 4.69) is 0 Å². The van der Waals surface area contributed by atoms with Gasteiger partial charge in [-0.1, -0.05) is 0 Å². The first-order valence-corrected chi connectivity index (χ1v) is 3.44. The average Bonchev–Trinajstić information content (AvgIpc) is 1.81. The molecule has 0 aliphatic rings. The van der Waals surface area contributed by atoms with E-state index in [1.54, 1.807) is 21.0 Å². The predicted molar refractivity (Wildman–Crippen MR) is 38.7 cm³/mol. The van der Waals surface area contributed by atoms with Crippen molar-refractivity contribution in [3.63, 3.8) is 0 Å². The van der Waals surface area contributed by atoms with E-state index in [4.69, 9.17) is 14.9 Å². The molecule has 0 aromatic heterocycles. The number of aliphatic hydroxyl groups excluding tert-OH is 2. The van der Waals surface area contributed by atoms with Crippen molar-refractivity contribution in [2.75, 3.05) is 13.7 Å². The van der Waals surface area contributed by atoms with Gasteiger partial charge in [0.15, 0.2) is 0 Å². The standard InChI is InChI=1S/C7H16O3/c1-5(8)7(4-10-3)6(2)9/h5-9H,4H2,1-3H3. The fraction of sp³-hybridized carbons (Fsp3) is 1.00. The van der Waals surface area contributed by atoms with Crippen LogP contribution >= 0.6 is 0 Å². The highest BCUT2D eigenvalue weighted by atomic mass is 16.5. The molecule has 0 aromatic carbocycles. The van der Waals surface area contributed by atoms with Gasteiger partial charge in [-0.25, -0.2) is 0 Å². The molecular weight excluding hydrogens is 132 g/mol. The van der Waals surface area contributed by atoms with Crippen LogP contribution in [0.5, 0.6) is 0 Å². The van der Waals surface area contributed by atoms with Crippen LogP contribution in [0, 0.1) is 5.92 Å². The van der Waals surface area contributed by atoms with E-state index in [1.807, 2.05) is 0 Å². The highest BCUT2D eigenvalue weighted by molar-refractivity contribution is 4.68. The van der Waals surface area contributed by atoms with E-state index < -0.39 is 12.2 Å². The summed E-state index contributed by atoms with van der Waals surface area (Å²) in [5.74, 6) is -0.176. The van der Waals surface area contributed by atoms with Gasteiger partial charge in [0, 0.05) is 13.0 Å². The van der Waals surface area contributed by atoms with E-state index in [1.165, 1.54) is 0 Å². The fourth-order valence-corrected chi connectivity index (χ4v) is 0.874. The third kappa shape index (κ3) is 3.15. The second-order valence-corrected chi connectivity index (χ2v) is 2.60. The van der Waals surface area contributed by atoms with Crippen molar-refractivity contribution in [2.45, 2.75) is 26.1 Å². The summed E-state index contributed by atoms with van der Waals surface area (Å²) in [7, 11) is 1.55. The predicted octanol–water partition coefficient (Wildman–Crippen LogP) is 0.0106. The monoisotopic (exact) mass is 148 g/mol. The molecule has 3 heteroatoms.